The zero-order valence-electron chi connectivity index (χ0n) is 9.67. The van der Waals surface area contributed by atoms with Gasteiger partial charge < -0.3 is 0 Å². The quantitative estimate of drug-likeness (QED) is 0.688. The van der Waals surface area contributed by atoms with Crippen molar-refractivity contribution in [2.24, 2.45) is 5.92 Å². The number of hydrogen-bond acceptors (Lipinski definition) is 0. The molecule has 15 heavy (non-hydrogen) atoms. The maximum Gasteiger partial charge on any atom is 0.225 e. The van der Waals surface area contributed by atoms with Gasteiger partial charge in [-0.25, -0.2) is 0 Å². The Morgan fingerprint density at radius 2 is 1.93 bits per heavy atom. The number of rotatable bonds is 6. The fourth-order valence-corrected chi connectivity index (χ4v) is 1.94. The van der Waals surface area contributed by atoms with Crippen molar-refractivity contribution >= 4 is 5.69 Å². The molecule has 1 aromatic carbocycles. The molecule has 1 rings (SSSR count). The highest BCUT2D eigenvalue weighted by atomic mass is 19.1. The molecule has 0 saturated carbocycles. The van der Waals surface area contributed by atoms with E-state index in [1.54, 1.807) is 0 Å². The van der Waals surface area contributed by atoms with Gasteiger partial charge in [0.1, 0.15) is 5.69 Å². The summed E-state index contributed by atoms with van der Waals surface area (Å²) in [6.45, 7) is 4.93. The number of alkyl halides is 1. The van der Waals surface area contributed by atoms with E-state index in [2.05, 4.69) is 13.8 Å². The first-order valence-electron chi connectivity index (χ1n) is 5.74. The minimum Gasteiger partial charge on any atom is -0.276 e. The van der Waals surface area contributed by atoms with Crippen molar-refractivity contribution in [3.8, 4) is 0 Å². The van der Waals surface area contributed by atoms with Crippen LogP contribution in [-0.4, -0.2) is 13.3 Å². The molecule has 0 spiro atoms. The minimum atomic E-state index is -0.321. The van der Waals surface area contributed by atoms with E-state index in [9.17, 15) is 4.39 Å². The van der Waals surface area contributed by atoms with Gasteiger partial charge in [0.15, 0.2) is 0 Å². The first-order chi connectivity index (χ1) is 7.27. The number of quaternary nitrogens is 1. The summed E-state index contributed by atoms with van der Waals surface area (Å²) < 4.78 is 12.9. The van der Waals surface area contributed by atoms with Crippen LogP contribution in [0.3, 0.4) is 0 Å². The highest BCUT2D eigenvalue weighted by Crippen LogP contribution is 2.04. The highest BCUT2D eigenvalue weighted by Gasteiger charge is 2.14. The maximum atomic E-state index is 12.9. The molecule has 0 radical (unpaired) electrons. The summed E-state index contributed by atoms with van der Waals surface area (Å²) in [7, 11) is 0. The molecule has 2 unspecified atom stereocenters. The van der Waals surface area contributed by atoms with Gasteiger partial charge in [-0.2, -0.15) is 4.39 Å². The summed E-state index contributed by atoms with van der Waals surface area (Å²) >= 11 is 0. The second-order valence-electron chi connectivity index (χ2n) is 4.20. The van der Waals surface area contributed by atoms with Crippen molar-refractivity contribution in [2.45, 2.75) is 26.7 Å². The third-order valence-electron chi connectivity index (χ3n) is 2.72. The average Bonchev–Trinajstić information content (AvgIpc) is 2.27. The molecule has 84 valence electrons. The van der Waals surface area contributed by atoms with Crippen LogP contribution < -0.4 is 4.90 Å². The smallest absolute Gasteiger partial charge is 0.225 e. The topological polar surface area (TPSA) is 4.44 Å². The Labute approximate surface area is 91.9 Å². The summed E-state index contributed by atoms with van der Waals surface area (Å²) in [6.07, 6.45) is 2.35. The first-order valence-corrected chi connectivity index (χ1v) is 5.74. The molecule has 0 amide bonds. The Morgan fingerprint density at radius 3 is 2.47 bits per heavy atom. The Kier molecular flexibility index (Phi) is 5.33. The zero-order valence-corrected chi connectivity index (χ0v) is 9.67. The Bertz CT molecular complexity index is 260. The highest BCUT2D eigenvalue weighted by molar-refractivity contribution is 5.27. The standard InChI is InChI=1S/C13H20FN/c1-3-7-12(2)10-15(11-14)13-8-5-4-6-9-13/h4-6,8-9,12H,3,7,10-11H2,1-2H3/p+1. The van der Waals surface area contributed by atoms with Crippen LogP contribution in [0, 0.1) is 5.92 Å². The number of nitrogens with one attached hydrogen (secondary N) is 1. The van der Waals surface area contributed by atoms with Gasteiger partial charge in [-0.3, -0.25) is 4.90 Å². The number of benzene rings is 1. The number of halogens is 1. The zero-order chi connectivity index (χ0) is 11.1. The van der Waals surface area contributed by atoms with Gasteiger partial charge in [-0.1, -0.05) is 38.5 Å². The lowest BCUT2D eigenvalue weighted by atomic mass is 10.1. The fraction of sp³-hybridized carbons (Fsp3) is 0.538. The van der Waals surface area contributed by atoms with E-state index in [1.807, 2.05) is 30.3 Å². The summed E-state index contributed by atoms with van der Waals surface area (Å²) in [5, 5.41) is 0. The van der Waals surface area contributed by atoms with E-state index in [-0.39, 0.29) is 6.80 Å². The second kappa shape index (κ2) is 6.57. The Morgan fingerprint density at radius 1 is 1.27 bits per heavy atom. The molecular weight excluding hydrogens is 189 g/mol. The Hall–Kier alpha value is -0.890. The van der Waals surface area contributed by atoms with Gasteiger partial charge in [0.2, 0.25) is 6.80 Å². The summed E-state index contributed by atoms with van der Waals surface area (Å²) in [4.78, 5) is 0.941. The SMILES string of the molecule is CCCC(C)C[NH+](CF)c1ccccc1. The number of hydrogen-bond donors (Lipinski definition) is 1. The van der Waals surface area contributed by atoms with Crippen LogP contribution in [0.1, 0.15) is 26.7 Å². The van der Waals surface area contributed by atoms with Gasteiger partial charge in [0, 0.05) is 5.92 Å². The number of para-hydroxylation sites is 1. The van der Waals surface area contributed by atoms with Crippen LogP contribution in [-0.2, 0) is 0 Å². The second-order valence-corrected chi connectivity index (χ2v) is 4.20. The molecule has 0 bridgehead atoms. The van der Waals surface area contributed by atoms with Crippen molar-refractivity contribution in [3.63, 3.8) is 0 Å². The van der Waals surface area contributed by atoms with Crippen LogP contribution >= 0.6 is 0 Å². The van der Waals surface area contributed by atoms with Crippen LogP contribution in [0.4, 0.5) is 10.1 Å². The van der Waals surface area contributed by atoms with E-state index < -0.39 is 0 Å². The normalized spacial score (nSPS) is 14.9. The van der Waals surface area contributed by atoms with Gasteiger partial charge in [0.05, 0.1) is 6.54 Å². The molecule has 2 heteroatoms. The average molecular weight is 210 g/mol. The van der Waals surface area contributed by atoms with Crippen LogP contribution in [0.15, 0.2) is 30.3 Å². The van der Waals surface area contributed by atoms with Crippen LogP contribution in [0.2, 0.25) is 0 Å². The molecule has 0 fully saturated rings. The van der Waals surface area contributed by atoms with E-state index in [4.69, 9.17) is 0 Å². The van der Waals surface area contributed by atoms with Gasteiger partial charge in [-0.15, -0.1) is 0 Å². The van der Waals surface area contributed by atoms with Crippen molar-refractivity contribution in [3.05, 3.63) is 30.3 Å². The van der Waals surface area contributed by atoms with Crippen molar-refractivity contribution < 1.29 is 9.29 Å². The molecular formula is C13H21FN+. The third-order valence-corrected chi connectivity index (χ3v) is 2.72. The first kappa shape index (κ1) is 12.2. The van der Waals surface area contributed by atoms with E-state index >= 15 is 0 Å². The molecule has 0 heterocycles. The lowest BCUT2D eigenvalue weighted by Crippen LogP contribution is -3.07. The fourth-order valence-electron chi connectivity index (χ4n) is 1.94. The largest absolute Gasteiger partial charge is 0.276 e. The molecule has 0 aromatic heterocycles. The monoisotopic (exact) mass is 210 g/mol. The Balaban J connectivity index is 2.56. The molecule has 2 atom stereocenters. The molecule has 1 nitrogen and oxygen atoms in total. The molecule has 0 aliphatic heterocycles. The molecule has 0 aliphatic rings. The van der Waals surface area contributed by atoms with Crippen molar-refractivity contribution in [2.75, 3.05) is 13.3 Å². The third kappa shape index (κ3) is 4.00. The van der Waals surface area contributed by atoms with Gasteiger partial charge in [-0.05, 0) is 18.6 Å². The molecule has 0 saturated heterocycles. The summed E-state index contributed by atoms with van der Waals surface area (Å²) in [5.74, 6) is 0.584. The van der Waals surface area contributed by atoms with Crippen LogP contribution in [0.5, 0.6) is 0 Å². The van der Waals surface area contributed by atoms with E-state index in [0.717, 1.165) is 17.1 Å². The van der Waals surface area contributed by atoms with Gasteiger partial charge in [0.25, 0.3) is 0 Å². The lowest BCUT2D eigenvalue weighted by Gasteiger charge is -2.19. The predicted octanol–water partition coefficient (Wildman–Crippen LogP) is 2.57. The van der Waals surface area contributed by atoms with Crippen LogP contribution in [0.25, 0.3) is 0 Å². The van der Waals surface area contributed by atoms with Crippen molar-refractivity contribution in [1.82, 2.24) is 0 Å². The summed E-state index contributed by atoms with van der Waals surface area (Å²) in [5.41, 5.74) is 1.06. The van der Waals surface area contributed by atoms with E-state index in [0.29, 0.717) is 5.92 Å². The minimum absolute atomic E-state index is 0.321. The summed E-state index contributed by atoms with van der Waals surface area (Å²) in [6, 6.07) is 9.89. The molecule has 1 aromatic rings. The van der Waals surface area contributed by atoms with Gasteiger partial charge >= 0.3 is 0 Å². The molecule has 0 aliphatic carbocycles. The molecule has 1 N–H and O–H groups in total. The predicted molar refractivity (Wildman–Crippen MR) is 62.0 cm³/mol. The lowest BCUT2D eigenvalue weighted by molar-refractivity contribution is -0.850. The van der Waals surface area contributed by atoms with Crippen molar-refractivity contribution in [1.29, 1.82) is 0 Å². The maximum absolute atomic E-state index is 12.9. The van der Waals surface area contributed by atoms with E-state index in [1.165, 1.54) is 12.8 Å².